The molecule has 3 heteroatoms. The molecule has 1 amide bonds. The van der Waals surface area contributed by atoms with Crippen molar-refractivity contribution in [3.05, 3.63) is 35.4 Å². The van der Waals surface area contributed by atoms with Crippen LogP contribution in [0.1, 0.15) is 36.7 Å². The van der Waals surface area contributed by atoms with Gasteiger partial charge in [-0.25, -0.2) is 0 Å². The zero-order valence-corrected chi connectivity index (χ0v) is 11.1. The van der Waals surface area contributed by atoms with Crippen LogP contribution < -0.4 is 0 Å². The van der Waals surface area contributed by atoms with E-state index in [-0.39, 0.29) is 18.6 Å². The molecule has 96 valence electrons. The fourth-order valence-corrected chi connectivity index (χ4v) is 1.75. The molecule has 0 aliphatic carbocycles. The van der Waals surface area contributed by atoms with E-state index in [0.717, 1.165) is 5.56 Å². The monoisotopic (exact) mass is 245 g/mol. The summed E-state index contributed by atoms with van der Waals surface area (Å²) in [5.41, 5.74) is 1.47. The third-order valence-electron chi connectivity index (χ3n) is 2.67. The van der Waals surface area contributed by atoms with Gasteiger partial charge in [-0.05, 0) is 45.0 Å². The van der Waals surface area contributed by atoms with E-state index in [1.807, 2.05) is 25.7 Å². The Labute approximate surface area is 108 Å². The molecule has 18 heavy (non-hydrogen) atoms. The summed E-state index contributed by atoms with van der Waals surface area (Å²) in [5.74, 6) is 5.41. The molecule has 0 spiro atoms. The van der Waals surface area contributed by atoms with Crippen LogP contribution in [0.3, 0.4) is 0 Å². The first-order valence-electron chi connectivity index (χ1n) is 6.11. The van der Waals surface area contributed by atoms with Crippen LogP contribution in [0, 0.1) is 11.8 Å². The van der Waals surface area contributed by atoms with E-state index >= 15 is 0 Å². The Balaban J connectivity index is 2.87. The van der Waals surface area contributed by atoms with Crippen molar-refractivity contribution in [3.8, 4) is 11.8 Å². The van der Waals surface area contributed by atoms with Gasteiger partial charge in [0, 0.05) is 23.7 Å². The molecule has 0 unspecified atom stereocenters. The highest BCUT2D eigenvalue weighted by molar-refractivity contribution is 5.94. The minimum Gasteiger partial charge on any atom is -0.384 e. The van der Waals surface area contributed by atoms with E-state index in [1.165, 1.54) is 0 Å². The second kappa shape index (κ2) is 6.83. The van der Waals surface area contributed by atoms with Crippen LogP contribution in [0.4, 0.5) is 0 Å². The van der Waals surface area contributed by atoms with Gasteiger partial charge >= 0.3 is 0 Å². The molecule has 0 saturated heterocycles. The van der Waals surface area contributed by atoms with Crippen LogP contribution in [0.25, 0.3) is 0 Å². The summed E-state index contributed by atoms with van der Waals surface area (Å²) in [5, 5.41) is 8.60. The molecule has 0 aliphatic heterocycles. The number of aliphatic hydroxyl groups is 1. The minimum absolute atomic E-state index is 0.0363. The Bertz CT molecular complexity index is 452. The average Bonchev–Trinajstić information content (AvgIpc) is 2.37. The first kappa shape index (κ1) is 14.3. The number of rotatable bonds is 3. The second-order valence-electron chi connectivity index (χ2n) is 4.22. The highest BCUT2D eigenvalue weighted by Crippen LogP contribution is 2.09. The summed E-state index contributed by atoms with van der Waals surface area (Å²) in [4.78, 5) is 14.0. The predicted molar refractivity (Wildman–Crippen MR) is 72.3 cm³/mol. The average molecular weight is 245 g/mol. The Kier molecular flexibility index (Phi) is 5.41. The normalized spacial score (nSPS) is 9.83. The van der Waals surface area contributed by atoms with Gasteiger partial charge in [-0.15, -0.1) is 0 Å². The van der Waals surface area contributed by atoms with Crippen LogP contribution in [0.5, 0.6) is 0 Å². The molecule has 1 aromatic rings. The SMILES string of the molecule is CCN(C(=O)c1ccc(C#CCO)cc1)C(C)C. The molecule has 0 fully saturated rings. The number of hydrogen-bond donors (Lipinski definition) is 1. The quantitative estimate of drug-likeness (QED) is 0.826. The number of carbonyl (C=O) groups excluding carboxylic acids is 1. The highest BCUT2D eigenvalue weighted by atomic mass is 16.2. The van der Waals surface area contributed by atoms with E-state index in [1.54, 1.807) is 24.3 Å². The lowest BCUT2D eigenvalue weighted by molar-refractivity contribution is 0.0717. The summed E-state index contributed by atoms with van der Waals surface area (Å²) in [6.07, 6.45) is 0. The first-order chi connectivity index (χ1) is 8.60. The van der Waals surface area contributed by atoms with Gasteiger partial charge in [0.25, 0.3) is 5.91 Å². The van der Waals surface area contributed by atoms with Crippen molar-refractivity contribution in [1.29, 1.82) is 0 Å². The van der Waals surface area contributed by atoms with Gasteiger partial charge in [0.05, 0.1) is 0 Å². The summed E-state index contributed by atoms with van der Waals surface area (Å²) in [6.45, 7) is 6.52. The van der Waals surface area contributed by atoms with Crippen LogP contribution in [-0.4, -0.2) is 35.1 Å². The van der Waals surface area contributed by atoms with Crippen molar-refractivity contribution in [2.45, 2.75) is 26.8 Å². The lowest BCUT2D eigenvalue weighted by Crippen LogP contribution is -2.36. The third kappa shape index (κ3) is 3.61. The standard InChI is InChI=1S/C15H19NO2/c1-4-16(12(2)3)15(18)14-9-7-13(8-10-14)6-5-11-17/h7-10,12,17H,4,11H2,1-3H3. The van der Waals surface area contributed by atoms with Gasteiger partial charge in [-0.2, -0.15) is 0 Å². The number of aliphatic hydroxyl groups excluding tert-OH is 1. The predicted octanol–water partition coefficient (Wildman–Crippen LogP) is 1.90. The lowest BCUT2D eigenvalue weighted by Gasteiger charge is -2.25. The van der Waals surface area contributed by atoms with Gasteiger partial charge in [0.15, 0.2) is 0 Å². The van der Waals surface area contributed by atoms with E-state index in [9.17, 15) is 4.79 Å². The van der Waals surface area contributed by atoms with E-state index in [0.29, 0.717) is 12.1 Å². The summed E-state index contributed by atoms with van der Waals surface area (Å²) in [6, 6.07) is 7.33. The molecule has 0 aromatic heterocycles. The molecule has 0 bridgehead atoms. The second-order valence-corrected chi connectivity index (χ2v) is 4.22. The third-order valence-corrected chi connectivity index (χ3v) is 2.67. The molecule has 0 radical (unpaired) electrons. The maximum absolute atomic E-state index is 12.2. The Morgan fingerprint density at radius 1 is 1.33 bits per heavy atom. The maximum atomic E-state index is 12.2. The van der Waals surface area contributed by atoms with Crippen LogP contribution in [0.2, 0.25) is 0 Å². The Morgan fingerprint density at radius 2 is 1.94 bits per heavy atom. The van der Waals surface area contributed by atoms with Gasteiger partial charge < -0.3 is 10.0 Å². The number of carbonyl (C=O) groups is 1. The number of amides is 1. The smallest absolute Gasteiger partial charge is 0.254 e. The van der Waals surface area contributed by atoms with Crippen molar-refractivity contribution >= 4 is 5.91 Å². The summed E-state index contributed by atoms with van der Waals surface area (Å²) in [7, 11) is 0. The highest BCUT2D eigenvalue weighted by Gasteiger charge is 2.16. The van der Waals surface area contributed by atoms with Gasteiger partial charge in [-0.3, -0.25) is 4.79 Å². The molecular weight excluding hydrogens is 226 g/mol. The fraction of sp³-hybridized carbons (Fsp3) is 0.400. The van der Waals surface area contributed by atoms with Gasteiger partial charge in [0.1, 0.15) is 6.61 Å². The maximum Gasteiger partial charge on any atom is 0.254 e. The molecule has 0 aliphatic rings. The molecule has 0 atom stereocenters. The van der Waals surface area contributed by atoms with Crippen molar-refractivity contribution < 1.29 is 9.90 Å². The number of hydrogen-bond acceptors (Lipinski definition) is 2. The van der Waals surface area contributed by atoms with Crippen molar-refractivity contribution in [1.82, 2.24) is 4.90 Å². The summed E-state index contributed by atoms with van der Waals surface area (Å²) >= 11 is 0. The molecule has 0 heterocycles. The fourth-order valence-electron chi connectivity index (χ4n) is 1.75. The largest absolute Gasteiger partial charge is 0.384 e. The number of nitrogens with zero attached hydrogens (tertiary/aromatic N) is 1. The lowest BCUT2D eigenvalue weighted by atomic mass is 10.1. The Morgan fingerprint density at radius 3 is 2.39 bits per heavy atom. The molecule has 1 rings (SSSR count). The van der Waals surface area contributed by atoms with Crippen molar-refractivity contribution in [3.63, 3.8) is 0 Å². The van der Waals surface area contributed by atoms with E-state index < -0.39 is 0 Å². The zero-order valence-electron chi connectivity index (χ0n) is 11.1. The summed E-state index contributed by atoms with van der Waals surface area (Å²) < 4.78 is 0. The molecule has 1 aromatic carbocycles. The first-order valence-corrected chi connectivity index (χ1v) is 6.11. The van der Waals surface area contributed by atoms with Gasteiger partial charge in [0.2, 0.25) is 0 Å². The minimum atomic E-state index is -0.155. The van der Waals surface area contributed by atoms with Gasteiger partial charge in [-0.1, -0.05) is 11.8 Å². The van der Waals surface area contributed by atoms with Crippen LogP contribution >= 0.6 is 0 Å². The topological polar surface area (TPSA) is 40.5 Å². The van der Waals surface area contributed by atoms with Crippen LogP contribution in [-0.2, 0) is 0 Å². The van der Waals surface area contributed by atoms with E-state index in [2.05, 4.69) is 11.8 Å². The van der Waals surface area contributed by atoms with Crippen LogP contribution in [0.15, 0.2) is 24.3 Å². The van der Waals surface area contributed by atoms with Crippen molar-refractivity contribution in [2.75, 3.05) is 13.2 Å². The van der Waals surface area contributed by atoms with Crippen molar-refractivity contribution in [2.24, 2.45) is 0 Å². The molecule has 0 saturated carbocycles. The Hall–Kier alpha value is -1.79. The molecule has 3 nitrogen and oxygen atoms in total. The molecular formula is C15H19NO2. The number of benzene rings is 1. The zero-order chi connectivity index (χ0) is 13.5. The van der Waals surface area contributed by atoms with E-state index in [4.69, 9.17) is 5.11 Å². The molecule has 1 N–H and O–H groups in total.